The van der Waals surface area contributed by atoms with Crippen molar-refractivity contribution in [3.8, 4) is 0 Å². The van der Waals surface area contributed by atoms with Gasteiger partial charge in [-0.2, -0.15) is 0 Å². The molecule has 0 bridgehead atoms. The summed E-state index contributed by atoms with van der Waals surface area (Å²) in [6.45, 7) is 3.94. The van der Waals surface area contributed by atoms with Crippen LogP contribution in [0.3, 0.4) is 0 Å². The predicted octanol–water partition coefficient (Wildman–Crippen LogP) is 4.30. The fourth-order valence-corrected chi connectivity index (χ4v) is 2.43. The lowest BCUT2D eigenvalue weighted by Crippen LogP contribution is -2.21. The maximum atomic E-state index is 12.1. The third kappa shape index (κ3) is 6.06. The Hall–Kier alpha value is -0.390. The fourth-order valence-electron chi connectivity index (χ4n) is 1.73. The summed E-state index contributed by atoms with van der Waals surface area (Å²) in [6.07, 6.45) is 2.79. The zero-order chi connectivity index (χ0) is 14.4. The van der Waals surface area contributed by atoms with Gasteiger partial charge in [0.25, 0.3) is 0 Å². The summed E-state index contributed by atoms with van der Waals surface area (Å²) in [5.41, 5.74) is 6.49. The van der Waals surface area contributed by atoms with Crippen LogP contribution in [0.4, 0.5) is 5.69 Å². The molecule has 0 aliphatic carbocycles. The second-order valence-electron chi connectivity index (χ2n) is 4.92. The quantitative estimate of drug-likeness (QED) is 0.759. The van der Waals surface area contributed by atoms with Gasteiger partial charge in [0.2, 0.25) is 5.91 Å². The van der Waals surface area contributed by atoms with E-state index in [0.29, 0.717) is 0 Å². The molecule has 0 spiro atoms. The van der Waals surface area contributed by atoms with Gasteiger partial charge in [0.15, 0.2) is 0 Å². The molecule has 0 aliphatic rings. The van der Waals surface area contributed by atoms with Gasteiger partial charge in [-0.25, -0.2) is 0 Å². The number of hydrogen-bond acceptors (Lipinski definition) is 2. The third-order valence-electron chi connectivity index (χ3n) is 2.93. The van der Waals surface area contributed by atoms with Crippen LogP contribution in [0.1, 0.15) is 33.1 Å². The molecule has 1 amide bonds. The Morgan fingerprint density at radius 3 is 2.63 bits per heavy atom. The molecule has 0 aromatic heterocycles. The van der Waals surface area contributed by atoms with Crippen LogP contribution in [0.25, 0.3) is 0 Å². The van der Waals surface area contributed by atoms with Crippen molar-refractivity contribution in [1.29, 1.82) is 0 Å². The van der Waals surface area contributed by atoms with Crippen molar-refractivity contribution in [2.45, 2.75) is 39.2 Å². The largest absolute Gasteiger partial charge is 0.328 e. The van der Waals surface area contributed by atoms with Crippen LogP contribution in [0, 0.1) is 5.92 Å². The first-order chi connectivity index (χ1) is 8.90. The summed E-state index contributed by atoms with van der Waals surface area (Å²) >= 11 is 6.82. The van der Waals surface area contributed by atoms with Crippen molar-refractivity contribution in [1.82, 2.24) is 0 Å². The van der Waals surface area contributed by atoms with Gasteiger partial charge in [0.1, 0.15) is 0 Å². The van der Waals surface area contributed by atoms with Gasteiger partial charge in [0.05, 0.1) is 5.69 Å². The van der Waals surface area contributed by atoms with Crippen LogP contribution in [0.15, 0.2) is 27.1 Å². The number of anilines is 1. The standard InChI is InChI=1S/C14H20Br2N2O/c1-9(4-3-5-10(2)17)14(19)18-13-8-11(15)6-7-12(13)16/h6-10H,3-5,17H2,1-2H3,(H,18,19). The van der Waals surface area contributed by atoms with Gasteiger partial charge in [0, 0.05) is 20.9 Å². The van der Waals surface area contributed by atoms with Crippen LogP contribution < -0.4 is 11.1 Å². The first kappa shape index (κ1) is 16.7. The highest BCUT2D eigenvalue weighted by atomic mass is 79.9. The smallest absolute Gasteiger partial charge is 0.227 e. The van der Waals surface area contributed by atoms with Gasteiger partial charge >= 0.3 is 0 Å². The highest BCUT2D eigenvalue weighted by Crippen LogP contribution is 2.26. The van der Waals surface area contributed by atoms with Gasteiger partial charge < -0.3 is 11.1 Å². The molecular weight excluding hydrogens is 372 g/mol. The first-order valence-electron chi connectivity index (χ1n) is 6.41. The van der Waals surface area contributed by atoms with Crippen molar-refractivity contribution in [2.24, 2.45) is 11.7 Å². The molecule has 2 atom stereocenters. The second-order valence-corrected chi connectivity index (χ2v) is 6.69. The highest BCUT2D eigenvalue weighted by molar-refractivity contribution is 9.11. The Balaban J connectivity index is 2.51. The molecule has 3 nitrogen and oxygen atoms in total. The van der Waals surface area contributed by atoms with E-state index in [1.807, 2.05) is 32.0 Å². The highest BCUT2D eigenvalue weighted by Gasteiger charge is 2.14. The summed E-state index contributed by atoms with van der Waals surface area (Å²) in [5.74, 6) is 0.0353. The molecule has 19 heavy (non-hydrogen) atoms. The third-order valence-corrected chi connectivity index (χ3v) is 4.12. The average Bonchev–Trinajstić information content (AvgIpc) is 2.33. The molecule has 0 saturated carbocycles. The van der Waals surface area contributed by atoms with Crippen molar-refractivity contribution >= 4 is 43.5 Å². The summed E-state index contributed by atoms with van der Waals surface area (Å²) in [6, 6.07) is 5.91. The number of halogens is 2. The van der Waals surface area contributed by atoms with Crippen LogP contribution in [-0.2, 0) is 4.79 Å². The van der Waals surface area contributed by atoms with Crippen molar-refractivity contribution in [2.75, 3.05) is 5.32 Å². The van der Waals surface area contributed by atoms with E-state index in [2.05, 4.69) is 37.2 Å². The lowest BCUT2D eigenvalue weighted by Gasteiger charge is -2.14. The number of benzene rings is 1. The summed E-state index contributed by atoms with van der Waals surface area (Å²) < 4.78 is 1.82. The first-order valence-corrected chi connectivity index (χ1v) is 8.00. The van der Waals surface area contributed by atoms with Gasteiger partial charge in [-0.1, -0.05) is 29.3 Å². The van der Waals surface area contributed by atoms with Gasteiger partial charge in [-0.15, -0.1) is 0 Å². The van der Waals surface area contributed by atoms with Crippen LogP contribution in [0.5, 0.6) is 0 Å². The summed E-state index contributed by atoms with van der Waals surface area (Å²) in [5, 5.41) is 2.94. The van der Waals surface area contributed by atoms with E-state index in [0.717, 1.165) is 33.9 Å². The molecule has 3 N–H and O–H groups in total. The van der Waals surface area contributed by atoms with E-state index in [9.17, 15) is 4.79 Å². The molecule has 106 valence electrons. The maximum absolute atomic E-state index is 12.1. The lowest BCUT2D eigenvalue weighted by molar-refractivity contribution is -0.119. The Morgan fingerprint density at radius 1 is 1.32 bits per heavy atom. The molecular formula is C14H20Br2N2O. The number of nitrogens with two attached hydrogens (primary N) is 1. The molecule has 0 heterocycles. The Morgan fingerprint density at radius 2 is 2.00 bits per heavy atom. The molecule has 0 fully saturated rings. The van der Waals surface area contributed by atoms with E-state index in [1.165, 1.54) is 0 Å². The van der Waals surface area contributed by atoms with E-state index >= 15 is 0 Å². The molecule has 2 unspecified atom stereocenters. The topological polar surface area (TPSA) is 55.1 Å². The fraction of sp³-hybridized carbons (Fsp3) is 0.500. The Bertz CT molecular complexity index is 435. The molecule has 1 aromatic rings. The number of rotatable bonds is 6. The minimum Gasteiger partial charge on any atom is -0.328 e. The van der Waals surface area contributed by atoms with E-state index in [-0.39, 0.29) is 17.9 Å². The van der Waals surface area contributed by atoms with Gasteiger partial charge in [-0.3, -0.25) is 4.79 Å². The van der Waals surface area contributed by atoms with Gasteiger partial charge in [-0.05, 0) is 53.9 Å². The lowest BCUT2D eigenvalue weighted by atomic mass is 10.0. The summed E-state index contributed by atoms with van der Waals surface area (Å²) in [4.78, 5) is 12.1. The molecule has 1 aromatic carbocycles. The van der Waals surface area contributed by atoms with E-state index in [1.54, 1.807) is 0 Å². The normalized spacial score (nSPS) is 13.9. The van der Waals surface area contributed by atoms with E-state index < -0.39 is 0 Å². The molecule has 5 heteroatoms. The van der Waals surface area contributed by atoms with Crippen LogP contribution >= 0.6 is 31.9 Å². The zero-order valence-corrected chi connectivity index (χ0v) is 14.4. The minimum absolute atomic E-state index is 0.00960. The van der Waals surface area contributed by atoms with Crippen molar-refractivity contribution in [3.05, 3.63) is 27.1 Å². The van der Waals surface area contributed by atoms with Crippen molar-refractivity contribution in [3.63, 3.8) is 0 Å². The zero-order valence-electron chi connectivity index (χ0n) is 11.2. The molecule has 0 radical (unpaired) electrons. The monoisotopic (exact) mass is 390 g/mol. The summed E-state index contributed by atoms with van der Waals surface area (Å²) in [7, 11) is 0. The minimum atomic E-state index is -0.00960. The number of carbonyl (C=O) groups is 1. The number of nitrogens with one attached hydrogen (secondary N) is 1. The molecule has 0 aliphatic heterocycles. The van der Waals surface area contributed by atoms with Crippen LogP contribution in [0.2, 0.25) is 0 Å². The SMILES string of the molecule is CC(N)CCCC(C)C(=O)Nc1cc(Br)ccc1Br. The molecule has 1 rings (SSSR count). The number of amides is 1. The van der Waals surface area contributed by atoms with Crippen molar-refractivity contribution < 1.29 is 4.79 Å². The Kier molecular flexibility index (Phi) is 7.04. The Labute approximate surface area is 131 Å². The average molecular weight is 392 g/mol. The van der Waals surface area contributed by atoms with Crippen LogP contribution in [-0.4, -0.2) is 11.9 Å². The number of carbonyl (C=O) groups excluding carboxylic acids is 1. The predicted molar refractivity (Wildman–Crippen MR) is 87.1 cm³/mol. The maximum Gasteiger partial charge on any atom is 0.227 e. The molecule has 0 saturated heterocycles. The number of hydrogen-bond donors (Lipinski definition) is 2. The second kappa shape index (κ2) is 8.02. The van der Waals surface area contributed by atoms with E-state index in [4.69, 9.17) is 5.73 Å².